The van der Waals surface area contributed by atoms with Gasteiger partial charge in [0.05, 0.1) is 5.70 Å². The van der Waals surface area contributed by atoms with Crippen molar-refractivity contribution in [2.24, 2.45) is 11.1 Å². The number of rotatable bonds is 10. The molecular formula is C28H40N2. The summed E-state index contributed by atoms with van der Waals surface area (Å²) < 4.78 is 0. The molecule has 2 aliphatic rings. The Balaban J connectivity index is 2.34. The van der Waals surface area contributed by atoms with Gasteiger partial charge in [0.15, 0.2) is 0 Å². The van der Waals surface area contributed by atoms with Gasteiger partial charge in [0.2, 0.25) is 0 Å². The number of allylic oxidation sites excluding steroid dienone is 10. The van der Waals surface area contributed by atoms with E-state index in [0.717, 1.165) is 29.7 Å². The lowest BCUT2D eigenvalue weighted by Gasteiger charge is -2.23. The minimum Gasteiger partial charge on any atom is -0.403 e. The number of nitrogens with one attached hydrogen (secondary N) is 1. The maximum atomic E-state index is 5.68. The summed E-state index contributed by atoms with van der Waals surface area (Å²) in [7, 11) is 1.86. The van der Waals surface area contributed by atoms with E-state index >= 15 is 0 Å². The smallest absolute Gasteiger partial charge is 0.0562 e. The van der Waals surface area contributed by atoms with Crippen LogP contribution in [0.1, 0.15) is 65.2 Å². The van der Waals surface area contributed by atoms with Crippen LogP contribution in [0.3, 0.4) is 0 Å². The molecule has 1 spiro atoms. The van der Waals surface area contributed by atoms with Gasteiger partial charge in [0, 0.05) is 13.2 Å². The molecule has 0 atom stereocenters. The molecule has 0 aromatic carbocycles. The van der Waals surface area contributed by atoms with E-state index in [4.69, 9.17) is 5.73 Å². The van der Waals surface area contributed by atoms with Crippen molar-refractivity contribution in [2.75, 3.05) is 7.05 Å². The first-order chi connectivity index (χ1) is 14.4. The van der Waals surface area contributed by atoms with Crippen molar-refractivity contribution in [1.29, 1.82) is 0 Å². The molecule has 0 amide bonds. The summed E-state index contributed by atoms with van der Waals surface area (Å²) in [4.78, 5) is 0. The molecule has 0 unspecified atom stereocenters. The predicted molar refractivity (Wildman–Crippen MR) is 133 cm³/mol. The molecule has 0 bridgehead atoms. The fraction of sp³-hybridized carbons (Fsp3) is 0.429. The Bertz CT molecular complexity index is 821. The molecule has 2 aliphatic carbocycles. The van der Waals surface area contributed by atoms with Gasteiger partial charge in [-0.1, -0.05) is 75.5 Å². The first-order valence-electron chi connectivity index (χ1n) is 11.3. The van der Waals surface area contributed by atoms with Crippen LogP contribution in [0.4, 0.5) is 0 Å². The Morgan fingerprint density at radius 1 is 1.13 bits per heavy atom. The largest absolute Gasteiger partial charge is 0.403 e. The third-order valence-corrected chi connectivity index (χ3v) is 6.63. The molecule has 0 heterocycles. The summed E-state index contributed by atoms with van der Waals surface area (Å²) in [6.07, 6.45) is 22.1. The van der Waals surface area contributed by atoms with Gasteiger partial charge < -0.3 is 11.1 Å². The third kappa shape index (κ3) is 5.56. The van der Waals surface area contributed by atoms with Crippen LogP contribution in [-0.2, 0) is 0 Å². The van der Waals surface area contributed by atoms with E-state index < -0.39 is 0 Å². The van der Waals surface area contributed by atoms with E-state index in [0.29, 0.717) is 5.41 Å². The Morgan fingerprint density at radius 2 is 1.83 bits per heavy atom. The average Bonchev–Trinajstić information content (AvgIpc) is 3.35. The molecule has 0 aromatic rings. The van der Waals surface area contributed by atoms with Crippen LogP contribution in [0, 0.1) is 5.41 Å². The highest BCUT2D eigenvalue weighted by molar-refractivity contribution is 5.55. The van der Waals surface area contributed by atoms with Gasteiger partial charge in [-0.15, -0.1) is 0 Å². The topological polar surface area (TPSA) is 38.0 Å². The Kier molecular flexibility index (Phi) is 8.77. The highest BCUT2D eigenvalue weighted by Crippen LogP contribution is 2.55. The number of nitrogens with two attached hydrogens (primary N) is 1. The number of hydrogen-bond donors (Lipinski definition) is 2. The molecule has 2 nitrogen and oxygen atoms in total. The van der Waals surface area contributed by atoms with Crippen molar-refractivity contribution in [3.8, 4) is 0 Å². The van der Waals surface area contributed by atoms with E-state index in [1.54, 1.807) is 11.8 Å². The molecule has 2 rings (SSSR count). The van der Waals surface area contributed by atoms with Gasteiger partial charge in [0.1, 0.15) is 0 Å². The van der Waals surface area contributed by atoms with Crippen molar-refractivity contribution >= 4 is 0 Å². The molecule has 2 heteroatoms. The molecule has 0 aliphatic heterocycles. The van der Waals surface area contributed by atoms with Gasteiger partial charge in [-0.2, -0.15) is 0 Å². The Morgan fingerprint density at radius 3 is 2.37 bits per heavy atom. The van der Waals surface area contributed by atoms with Gasteiger partial charge in [-0.25, -0.2) is 0 Å². The summed E-state index contributed by atoms with van der Waals surface area (Å²) in [5, 5.41) is 3.08. The van der Waals surface area contributed by atoms with Crippen molar-refractivity contribution < 1.29 is 0 Å². The van der Waals surface area contributed by atoms with Gasteiger partial charge >= 0.3 is 0 Å². The van der Waals surface area contributed by atoms with Crippen molar-refractivity contribution in [3.05, 3.63) is 95.5 Å². The summed E-state index contributed by atoms with van der Waals surface area (Å²) in [5.74, 6) is 0. The monoisotopic (exact) mass is 404 g/mol. The molecule has 0 saturated heterocycles. The van der Waals surface area contributed by atoms with Crippen LogP contribution in [0.2, 0.25) is 0 Å². The van der Waals surface area contributed by atoms with Gasteiger partial charge in [0.25, 0.3) is 0 Å². The van der Waals surface area contributed by atoms with Crippen LogP contribution in [0.15, 0.2) is 95.5 Å². The highest BCUT2D eigenvalue weighted by Gasteiger charge is 2.41. The fourth-order valence-corrected chi connectivity index (χ4v) is 4.97. The maximum absolute atomic E-state index is 5.68. The van der Waals surface area contributed by atoms with E-state index in [2.05, 4.69) is 63.2 Å². The average molecular weight is 405 g/mol. The second-order valence-corrected chi connectivity index (χ2v) is 8.63. The standard InChI is InChI=1S/C28H40N2/c1-7-12-25(21(4)8-2)26-19-28(15-10-11-16-28)18-24(26)17-23(9-3)14-13-22(5)27(20-29)30-6/h8-9,12-14,20,30H,2,4-5,7,10-11,15-19,29H2,1,3,6H3/b14-13-,23-9+,25-12-,27-20-. The lowest BCUT2D eigenvalue weighted by atomic mass is 9.81. The number of likely N-dealkylation sites (N-methyl/N-ethyl adjacent to an activating group) is 1. The normalized spacial score (nSPS) is 19.8. The zero-order chi connectivity index (χ0) is 22.1. The summed E-state index contributed by atoms with van der Waals surface area (Å²) in [6, 6.07) is 0. The van der Waals surface area contributed by atoms with Gasteiger partial charge in [-0.3, -0.25) is 0 Å². The maximum Gasteiger partial charge on any atom is 0.0562 e. The second-order valence-electron chi connectivity index (χ2n) is 8.63. The van der Waals surface area contributed by atoms with Crippen LogP contribution in [0.25, 0.3) is 0 Å². The molecule has 0 aromatic heterocycles. The van der Waals surface area contributed by atoms with Crippen molar-refractivity contribution in [3.63, 3.8) is 0 Å². The fourth-order valence-electron chi connectivity index (χ4n) is 4.97. The predicted octanol–water partition coefficient (Wildman–Crippen LogP) is 7.18. The lowest BCUT2D eigenvalue weighted by Crippen LogP contribution is -2.12. The lowest BCUT2D eigenvalue weighted by molar-refractivity contribution is 0.315. The Labute approximate surface area is 184 Å². The summed E-state index contributed by atoms with van der Waals surface area (Å²) >= 11 is 0. The minimum atomic E-state index is 0.465. The molecule has 162 valence electrons. The summed E-state index contributed by atoms with van der Waals surface area (Å²) in [5.41, 5.74) is 14.7. The number of hydrogen-bond acceptors (Lipinski definition) is 2. The quantitative estimate of drug-likeness (QED) is 0.378. The zero-order valence-corrected chi connectivity index (χ0v) is 19.3. The van der Waals surface area contributed by atoms with Crippen LogP contribution < -0.4 is 11.1 Å². The van der Waals surface area contributed by atoms with Crippen molar-refractivity contribution in [1.82, 2.24) is 5.32 Å². The van der Waals surface area contributed by atoms with E-state index in [-0.39, 0.29) is 0 Å². The third-order valence-electron chi connectivity index (χ3n) is 6.63. The minimum absolute atomic E-state index is 0.465. The molecule has 1 fully saturated rings. The molecule has 30 heavy (non-hydrogen) atoms. The first kappa shape index (κ1) is 23.8. The molecule has 0 radical (unpaired) electrons. The van der Waals surface area contributed by atoms with Crippen LogP contribution >= 0.6 is 0 Å². The molecule has 1 saturated carbocycles. The van der Waals surface area contributed by atoms with Crippen LogP contribution in [-0.4, -0.2) is 7.05 Å². The van der Waals surface area contributed by atoms with Gasteiger partial charge in [-0.05, 0) is 78.7 Å². The highest BCUT2D eigenvalue weighted by atomic mass is 14.8. The first-order valence-corrected chi connectivity index (χ1v) is 11.3. The van der Waals surface area contributed by atoms with Crippen molar-refractivity contribution in [2.45, 2.75) is 65.2 Å². The Hall–Kier alpha value is -2.48. The van der Waals surface area contributed by atoms with E-state index in [1.165, 1.54) is 55.2 Å². The molecule has 3 N–H and O–H groups in total. The zero-order valence-electron chi connectivity index (χ0n) is 19.3. The SMILES string of the molecule is C=CC(=C)/C(=C/CC)C1=C(CC(/C=C\C(=C)/C(=C/N)NC)=C/C)CC2(CCCC2)C1. The molecular weight excluding hydrogens is 364 g/mol. The van der Waals surface area contributed by atoms with E-state index in [1.807, 2.05) is 13.1 Å². The second kappa shape index (κ2) is 11.1. The van der Waals surface area contributed by atoms with E-state index in [9.17, 15) is 0 Å². The van der Waals surface area contributed by atoms with Crippen LogP contribution in [0.5, 0.6) is 0 Å². The summed E-state index contributed by atoms with van der Waals surface area (Å²) in [6.45, 7) is 16.7.